The van der Waals surface area contributed by atoms with Gasteiger partial charge in [0.2, 0.25) is 0 Å². The molecule has 0 aliphatic carbocycles. The Bertz CT molecular complexity index is 1670. The molecule has 186 valence electrons. The number of pyridine rings is 2. The van der Waals surface area contributed by atoms with Crippen LogP contribution in [-0.4, -0.2) is 35.9 Å². The molecule has 0 amide bonds. The number of rotatable bonds is 3. The molecule has 6 rings (SSSR count). The molecule has 0 spiro atoms. The molecule has 0 N–H and O–H groups in total. The van der Waals surface area contributed by atoms with E-state index in [-0.39, 0.29) is 5.69 Å². The first kappa shape index (κ1) is 23.2. The largest absolute Gasteiger partial charge is 0.416 e. The third kappa shape index (κ3) is 4.34. The van der Waals surface area contributed by atoms with Gasteiger partial charge in [-0.3, -0.25) is 14.3 Å². The molecule has 5 nitrogen and oxygen atoms in total. The molecule has 1 aliphatic rings. The van der Waals surface area contributed by atoms with E-state index < -0.39 is 17.3 Å². The number of aromatic nitrogens is 2. The molecule has 8 heteroatoms. The fourth-order valence-corrected chi connectivity index (χ4v) is 4.85. The Morgan fingerprint density at radius 2 is 1.57 bits per heavy atom. The van der Waals surface area contributed by atoms with Crippen molar-refractivity contribution in [2.45, 2.75) is 6.18 Å². The lowest BCUT2D eigenvalue weighted by molar-refractivity contribution is -0.137. The van der Waals surface area contributed by atoms with Gasteiger partial charge in [0.25, 0.3) is 5.56 Å². The number of fused-ring (bicyclic) bond motifs is 3. The number of benzene rings is 3. The third-order valence-electron chi connectivity index (χ3n) is 6.73. The Kier molecular flexibility index (Phi) is 5.68. The van der Waals surface area contributed by atoms with Gasteiger partial charge in [0, 0.05) is 47.5 Å². The van der Waals surface area contributed by atoms with Crippen LogP contribution in [-0.2, 0) is 10.9 Å². The van der Waals surface area contributed by atoms with Crippen LogP contribution in [0.15, 0.2) is 89.9 Å². The molecule has 0 bridgehead atoms. The maximum atomic E-state index is 13.4. The SMILES string of the molecule is O=c1ccc2cnc3ccc(-c4ccc(N5CCOCC5)cc4)cc3c2n1-c1cccc(C(F)(F)F)c1. The number of nitrogens with zero attached hydrogens (tertiary/aromatic N) is 3. The lowest BCUT2D eigenvalue weighted by atomic mass is 10.0. The number of hydrogen-bond donors (Lipinski definition) is 0. The summed E-state index contributed by atoms with van der Waals surface area (Å²) in [5.41, 5.74) is 3.11. The fourth-order valence-electron chi connectivity index (χ4n) is 4.85. The van der Waals surface area contributed by atoms with Gasteiger partial charge in [-0.1, -0.05) is 24.3 Å². The molecular weight excluding hydrogens is 479 g/mol. The molecule has 3 heterocycles. The number of anilines is 1. The van der Waals surface area contributed by atoms with Crippen molar-refractivity contribution in [3.63, 3.8) is 0 Å². The molecule has 0 unspecified atom stereocenters. The van der Waals surface area contributed by atoms with Gasteiger partial charge in [-0.15, -0.1) is 0 Å². The second-order valence-corrected chi connectivity index (χ2v) is 9.00. The number of ether oxygens (including phenoxy) is 1. The van der Waals surface area contributed by atoms with Crippen molar-refractivity contribution in [2.24, 2.45) is 0 Å². The van der Waals surface area contributed by atoms with E-state index in [9.17, 15) is 18.0 Å². The van der Waals surface area contributed by atoms with Gasteiger partial charge in [-0.05, 0) is 59.7 Å². The van der Waals surface area contributed by atoms with Crippen molar-refractivity contribution in [1.82, 2.24) is 9.55 Å². The van der Waals surface area contributed by atoms with Crippen LogP contribution in [0.25, 0.3) is 38.6 Å². The molecule has 0 radical (unpaired) electrons. The van der Waals surface area contributed by atoms with E-state index in [1.54, 1.807) is 12.3 Å². The van der Waals surface area contributed by atoms with E-state index in [0.717, 1.165) is 42.0 Å². The fraction of sp³-hybridized carbons (Fsp3) is 0.172. The van der Waals surface area contributed by atoms with Crippen molar-refractivity contribution >= 4 is 27.5 Å². The van der Waals surface area contributed by atoms with Crippen LogP contribution >= 0.6 is 0 Å². The van der Waals surface area contributed by atoms with Crippen LogP contribution < -0.4 is 10.5 Å². The molecule has 0 saturated carbocycles. The minimum Gasteiger partial charge on any atom is -0.378 e. The standard InChI is InChI=1S/C29H22F3N3O2/c30-29(31,32)22-2-1-3-24(17-22)35-27(36)11-7-21-18-33-26-10-6-20(16-25(26)28(21)35)19-4-8-23(9-5-19)34-12-14-37-15-13-34/h1-11,16-18H,12-15H2. The second kappa shape index (κ2) is 9.05. The zero-order chi connectivity index (χ0) is 25.6. The van der Waals surface area contributed by atoms with Gasteiger partial charge in [-0.2, -0.15) is 13.2 Å². The van der Waals surface area contributed by atoms with E-state index in [2.05, 4.69) is 22.0 Å². The van der Waals surface area contributed by atoms with E-state index >= 15 is 0 Å². The van der Waals surface area contributed by atoms with Crippen LogP contribution in [0.3, 0.4) is 0 Å². The number of morpholine rings is 1. The molecular formula is C29H22F3N3O2. The molecule has 0 atom stereocenters. The van der Waals surface area contributed by atoms with E-state index in [4.69, 9.17) is 4.74 Å². The van der Waals surface area contributed by atoms with Gasteiger partial charge in [0.1, 0.15) is 0 Å². The zero-order valence-electron chi connectivity index (χ0n) is 19.7. The first-order valence-corrected chi connectivity index (χ1v) is 11.9. The van der Waals surface area contributed by atoms with Gasteiger partial charge in [-0.25, -0.2) is 0 Å². The highest BCUT2D eigenvalue weighted by atomic mass is 19.4. The minimum atomic E-state index is -4.52. The molecule has 1 fully saturated rings. The third-order valence-corrected chi connectivity index (χ3v) is 6.73. The zero-order valence-corrected chi connectivity index (χ0v) is 19.7. The molecule has 3 aromatic carbocycles. The first-order valence-electron chi connectivity index (χ1n) is 11.9. The van der Waals surface area contributed by atoms with Gasteiger partial charge in [0.15, 0.2) is 0 Å². The van der Waals surface area contributed by atoms with Gasteiger partial charge >= 0.3 is 6.18 Å². The predicted molar refractivity (Wildman–Crippen MR) is 138 cm³/mol. The average Bonchev–Trinajstić information content (AvgIpc) is 2.93. The average molecular weight is 502 g/mol. The molecule has 2 aromatic heterocycles. The van der Waals surface area contributed by atoms with E-state index in [0.29, 0.717) is 35.0 Å². The topological polar surface area (TPSA) is 47.4 Å². The Hall–Kier alpha value is -4.17. The van der Waals surface area contributed by atoms with E-state index in [1.165, 1.54) is 22.8 Å². The smallest absolute Gasteiger partial charge is 0.378 e. The maximum Gasteiger partial charge on any atom is 0.416 e. The normalized spacial score (nSPS) is 14.4. The Morgan fingerprint density at radius 3 is 2.32 bits per heavy atom. The van der Waals surface area contributed by atoms with Crippen LogP contribution in [0.1, 0.15) is 5.56 Å². The summed E-state index contributed by atoms with van der Waals surface area (Å²) in [6.07, 6.45) is -2.88. The lowest BCUT2D eigenvalue weighted by Gasteiger charge is -2.28. The summed E-state index contributed by atoms with van der Waals surface area (Å²) in [4.78, 5) is 19.8. The molecule has 1 aliphatic heterocycles. The van der Waals surface area contributed by atoms with Crippen molar-refractivity contribution in [2.75, 3.05) is 31.2 Å². The highest BCUT2D eigenvalue weighted by molar-refractivity contribution is 6.05. The summed E-state index contributed by atoms with van der Waals surface area (Å²) in [6.45, 7) is 3.11. The Morgan fingerprint density at radius 1 is 0.811 bits per heavy atom. The Balaban J connectivity index is 1.51. The molecule has 5 aromatic rings. The van der Waals surface area contributed by atoms with Crippen molar-refractivity contribution < 1.29 is 17.9 Å². The highest BCUT2D eigenvalue weighted by Crippen LogP contribution is 2.33. The van der Waals surface area contributed by atoms with Crippen LogP contribution in [0.2, 0.25) is 0 Å². The first-order chi connectivity index (χ1) is 17.9. The number of alkyl halides is 3. The molecule has 1 saturated heterocycles. The van der Waals surface area contributed by atoms with Crippen LogP contribution in [0.5, 0.6) is 0 Å². The summed E-state index contributed by atoms with van der Waals surface area (Å²) < 4.78 is 47.1. The summed E-state index contributed by atoms with van der Waals surface area (Å²) in [5, 5.41) is 1.34. The summed E-state index contributed by atoms with van der Waals surface area (Å²) in [7, 11) is 0. The quantitative estimate of drug-likeness (QED) is 0.282. The Labute approximate surface area is 210 Å². The van der Waals surface area contributed by atoms with Crippen molar-refractivity contribution in [3.05, 3.63) is 101 Å². The minimum absolute atomic E-state index is 0.151. The summed E-state index contributed by atoms with van der Waals surface area (Å²) in [5.74, 6) is 0. The van der Waals surface area contributed by atoms with Gasteiger partial charge in [0.05, 0.1) is 29.8 Å². The highest BCUT2D eigenvalue weighted by Gasteiger charge is 2.30. The van der Waals surface area contributed by atoms with Crippen molar-refractivity contribution in [1.29, 1.82) is 0 Å². The van der Waals surface area contributed by atoms with Crippen LogP contribution in [0.4, 0.5) is 18.9 Å². The number of halogens is 3. The summed E-state index contributed by atoms with van der Waals surface area (Å²) in [6, 6.07) is 21.8. The summed E-state index contributed by atoms with van der Waals surface area (Å²) >= 11 is 0. The predicted octanol–water partition coefficient (Wildman–Crippen LogP) is 6.06. The maximum absolute atomic E-state index is 13.4. The van der Waals surface area contributed by atoms with Gasteiger partial charge < -0.3 is 9.64 Å². The molecule has 37 heavy (non-hydrogen) atoms. The van der Waals surface area contributed by atoms with Crippen LogP contribution in [0, 0.1) is 0 Å². The monoisotopic (exact) mass is 501 g/mol. The lowest BCUT2D eigenvalue weighted by Crippen LogP contribution is -2.36. The van der Waals surface area contributed by atoms with Crippen molar-refractivity contribution in [3.8, 4) is 16.8 Å². The number of hydrogen-bond acceptors (Lipinski definition) is 4. The van der Waals surface area contributed by atoms with E-state index in [1.807, 2.05) is 30.3 Å². The second-order valence-electron chi connectivity index (χ2n) is 9.00.